The van der Waals surface area contributed by atoms with Crippen molar-refractivity contribution in [2.24, 2.45) is 0 Å². The minimum atomic E-state index is 0.834. The first-order valence-corrected chi connectivity index (χ1v) is 11.5. The fourth-order valence-electron chi connectivity index (χ4n) is 3.01. The highest BCUT2D eigenvalue weighted by atomic mass is 79.9. The number of unbranched alkanes of at least 4 members (excludes halogenated alkanes) is 1. The van der Waals surface area contributed by atoms with Crippen LogP contribution in [0.5, 0.6) is 0 Å². The van der Waals surface area contributed by atoms with E-state index in [1.54, 1.807) is 0 Å². The van der Waals surface area contributed by atoms with Gasteiger partial charge in [0.05, 0.1) is 11.4 Å². The number of hydrogen-bond donors (Lipinski definition) is 0. The van der Waals surface area contributed by atoms with Crippen LogP contribution >= 0.6 is 27.7 Å². The molecule has 0 unspecified atom stereocenters. The normalized spacial score (nSPS) is 10.9. The molecule has 0 bridgehead atoms. The summed E-state index contributed by atoms with van der Waals surface area (Å²) < 4.78 is 0. The molecule has 27 heavy (non-hydrogen) atoms. The van der Waals surface area contributed by atoms with Crippen LogP contribution < -0.4 is 0 Å². The number of rotatable bonds is 9. The lowest BCUT2D eigenvalue weighted by molar-refractivity contribution is 0.826. The van der Waals surface area contributed by atoms with Crippen molar-refractivity contribution >= 4 is 27.7 Å². The van der Waals surface area contributed by atoms with Crippen LogP contribution in [-0.4, -0.2) is 21.3 Å². The van der Waals surface area contributed by atoms with Gasteiger partial charge in [-0.15, -0.1) is 11.8 Å². The molecule has 0 fully saturated rings. The van der Waals surface area contributed by atoms with Crippen LogP contribution in [0.25, 0.3) is 0 Å². The summed E-state index contributed by atoms with van der Waals surface area (Å²) in [5.74, 6) is 1.12. The van der Waals surface area contributed by atoms with Gasteiger partial charge in [0.2, 0.25) is 0 Å². The maximum absolute atomic E-state index is 4.65. The molecule has 0 radical (unpaired) electrons. The Hall–Kier alpha value is -1.65. The highest BCUT2D eigenvalue weighted by molar-refractivity contribution is 9.09. The molecular weight excluding hydrogens is 416 g/mol. The van der Waals surface area contributed by atoms with Crippen molar-refractivity contribution in [2.75, 3.05) is 11.1 Å². The van der Waals surface area contributed by atoms with Crippen molar-refractivity contribution in [1.82, 2.24) is 10.2 Å². The summed E-state index contributed by atoms with van der Waals surface area (Å²) in [5, 5.41) is 10.3. The average Bonchev–Trinajstić information content (AvgIpc) is 2.71. The third-order valence-electron chi connectivity index (χ3n) is 4.53. The molecule has 0 atom stereocenters. The maximum Gasteiger partial charge on any atom is 0.0813 e. The molecule has 2 aromatic carbocycles. The average molecular weight is 441 g/mol. The second-order valence-corrected chi connectivity index (χ2v) is 8.51. The summed E-state index contributed by atoms with van der Waals surface area (Å²) in [4.78, 5) is 1.31. The molecule has 4 heteroatoms. The van der Waals surface area contributed by atoms with Crippen LogP contribution in [0.2, 0.25) is 0 Å². The third-order valence-corrected chi connectivity index (χ3v) is 6.41. The Bertz CT molecular complexity index is 838. The van der Waals surface area contributed by atoms with Crippen LogP contribution in [0.15, 0.2) is 65.6 Å². The lowest BCUT2D eigenvalue weighted by atomic mass is 10.0. The van der Waals surface area contributed by atoms with Crippen LogP contribution in [0, 0.1) is 6.92 Å². The van der Waals surface area contributed by atoms with Crippen LogP contribution in [0.4, 0.5) is 0 Å². The fraction of sp³-hybridized carbons (Fsp3) is 0.304. The van der Waals surface area contributed by atoms with Crippen LogP contribution in [0.3, 0.4) is 0 Å². The predicted molar refractivity (Wildman–Crippen MR) is 119 cm³/mol. The number of thioether (sulfide) groups is 1. The van der Waals surface area contributed by atoms with E-state index in [9.17, 15) is 0 Å². The number of hydrogen-bond acceptors (Lipinski definition) is 3. The molecule has 0 spiro atoms. The first-order chi connectivity index (χ1) is 13.3. The van der Waals surface area contributed by atoms with E-state index < -0.39 is 0 Å². The van der Waals surface area contributed by atoms with Crippen molar-refractivity contribution in [3.63, 3.8) is 0 Å². The zero-order chi connectivity index (χ0) is 18.9. The Morgan fingerprint density at radius 1 is 0.778 bits per heavy atom. The van der Waals surface area contributed by atoms with Crippen LogP contribution in [-0.2, 0) is 12.8 Å². The van der Waals surface area contributed by atoms with E-state index in [1.165, 1.54) is 34.4 Å². The minimum Gasteiger partial charge on any atom is -0.155 e. The van der Waals surface area contributed by atoms with Crippen molar-refractivity contribution in [2.45, 2.75) is 37.5 Å². The van der Waals surface area contributed by atoms with Gasteiger partial charge in [0.1, 0.15) is 0 Å². The number of benzene rings is 2. The van der Waals surface area contributed by atoms with Gasteiger partial charge in [-0.2, -0.15) is 10.2 Å². The smallest absolute Gasteiger partial charge is 0.0813 e. The first kappa shape index (κ1) is 20.1. The lowest BCUT2D eigenvalue weighted by Crippen LogP contribution is -2.06. The molecule has 0 aliphatic carbocycles. The molecule has 1 heterocycles. The summed E-state index contributed by atoms with van der Waals surface area (Å²) in [5.41, 5.74) is 6.02. The van der Waals surface area contributed by atoms with Crippen molar-refractivity contribution < 1.29 is 0 Å². The number of alkyl halides is 1. The van der Waals surface area contributed by atoms with E-state index in [1.807, 2.05) is 11.8 Å². The molecule has 2 nitrogen and oxygen atoms in total. The summed E-state index contributed by atoms with van der Waals surface area (Å²) in [6, 6.07) is 21.1. The summed E-state index contributed by atoms with van der Waals surface area (Å²) in [6.45, 7) is 2.20. The summed E-state index contributed by atoms with van der Waals surface area (Å²) in [6.07, 6.45) is 4.08. The van der Waals surface area contributed by atoms with E-state index >= 15 is 0 Å². The van der Waals surface area contributed by atoms with Gasteiger partial charge in [0, 0.05) is 23.1 Å². The SMILES string of the molecule is Cc1c(Cc2ccccc2)nnc(Cc2ccccc2)c1SCCCCBr. The number of nitrogens with zero attached hydrogens (tertiary/aromatic N) is 2. The van der Waals surface area contributed by atoms with Gasteiger partial charge in [0.15, 0.2) is 0 Å². The minimum absolute atomic E-state index is 0.834. The molecule has 3 aromatic rings. The van der Waals surface area contributed by atoms with E-state index in [-0.39, 0.29) is 0 Å². The molecule has 3 rings (SSSR count). The summed E-state index contributed by atoms with van der Waals surface area (Å²) in [7, 11) is 0. The molecule has 0 aliphatic heterocycles. The predicted octanol–water partition coefficient (Wildman–Crippen LogP) is 6.23. The standard InChI is InChI=1S/C23H25BrN2S/c1-18-21(16-19-10-4-2-5-11-19)25-26-22(17-20-12-6-3-7-13-20)23(18)27-15-9-8-14-24/h2-7,10-13H,8-9,14-17H2,1H3. The van der Waals surface area contributed by atoms with E-state index in [0.717, 1.165) is 35.3 Å². The second-order valence-electron chi connectivity index (χ2n) is 6.62. The molecular formula is C23H25BrN2S. The quantitative estimate of drug-likeness (QED) is 0.224. The van der Waals surface area contributed by atoms with Gasteiger partial charge in [-0.1, -0.05) is 76.6 Å². The zero-order valence-corrected chi connectivity index (χ0v) is 18.1. The second kappa shape index (κ2) is 10.6. The maximum atomic E-state index is 4.65. The van der Waals surface area contributed by atoms with Crippen molar-refractivity contribution in [3.05, 3.63) is 88.7 Å². The molecule has 140 valence electrons. The van der Waals surface area contributed by atoms with Gasteiger partial charge in [-0.25, -0.2) is 0 Å². The highest BCUT2D eigenvalue weighted by Crippen LogP contribution is 2.30. The van der Waals surface area contributed by atoms with Crippen molar-refractivity contribution in [1.29, 1.82) is 0 Å². The molecule has 1 aromatic heterocycles. The van der Waals surface area contributed by atoms with Crippen LogP contribution in [0.1, 0.15) is 40.9 Å². The zero-order valence-electron chi connectivity index (χ0n) is 15.7. The van der Waals surface area contributed by atoms with E-state index in [2.05, 4.69) is 93.7 Å². The molecule has 0 amide bonds. The fourth-order valence-corrected chi connectivity index (χ4v) is 4.58. The molecule has 0 N–H and O–H groups in total. The van der Waals surface area contributed by atoms with Crippen molar-refractivity contribution in [3.8, 4) is 0 Å². The Morgan fingerprint density at radius 2 is 1.33 bits per heavy atom. The monoisotopic (exact) mass is 440 g/mol. The Morgan fingerprint density at radius 3 is 1.93 bits per heavy atom. The van der Waals surface area contributed by atoms with E-state index in [4.69, 9.17) is 0 Å². The Balaban J connectivity index is 1.86. The largest absolute Gasteiger partial charge is 0.155 e. The van der Waals surface area contributed by atoms with Gasteiger partial charge in [0.25, 0.3) is 0 Å². The number of halogens is 1. The Labute approximate surface area is 174 Å². The van der Waals surface area contributed by atoms with Gasteiger partial charge in [-0.3, -0.25) is 0 Å². The highest BCUT2D eigenvalue weighted by Gasteiger charge is 2.14. The van der Waals surface area contributed by atoms with Gasteiger partial charge >= 0.3 is 0 Å². The Kier molecular flexibility index (Phi) is 7.91. The lowest BCUT2D eigenvalue weighted by Gasteiger charge is -2.14. The summed E-state index contributed by atoms with van der Waals surface area (Å²) >= 11 is 5.46. The van der Waals surface area contributed by atoms with Gasteiger partial charge < -0.3 is 0 Å². The topological polar surface area (TPSA) is 25.8 Å². The molecule has 0 saturated heterocycles. The van der Waals surface area contributed by atoms with Gasteiger partial charge in [-0.05, 0) is 42.2 Å². The first-order valence-electron chi connectivity index (χ1n) is 9.39. The third kappa shape index (κ3) is 5.91. The molecule has 0 aliphatic rings. The van der Waals surface area contributed by atoms with E-state index in [0.29, 0.717) is 0 Å². The molecule has 0 saturated carbocycles. The number of aromatic nitrogens is 2.